The van der Waals surface area contributed by atoms with Crippen molar-refractivity contribution < 1.29 is 14.6 Å². The summed E-state index contributed by atoms with van der Waals surface area (Å²) < 4.78 is 6.97. The number of aliphatic hydroxyl groups excluding tert-OH is 2. The second-order valence-corrected chi connectivity index (χ2v) is 17.0. The van der Waals surface area contributed by atoms with Gasteiger partial charge in [0.05, 0.1) is 18.8 Å². The summed E-state index contributed by atoms with van der Waals surface area (Å²) >= 11 is 0. The lowest BCUT2D eigenvalue weighted by Gasteiger charge is -2.57. The van der Waals surface area contributed by atoms with Gasteiger partial charge in [-0.1, -0.05) is 20.8 Å². The van der Waals surface area contributed by atoms with E-state index in [0.29, 0.717) is 12.5 Å². The summed E-state index contributed by atoms with van der Waals surface area (Å²) in [5.74, 6) is 3.86. The van der Waals surface area contributed by atoms with Gasteiger partial charge in [0.1, 0.15) is 0 Å². The second kappa shape index (κ2) is 7.35. The Labute approximate surface area is 173 Å². The van der Waals surface area contributed by atoms with E-state index in [1.165, 1.54) is 32.1 Å². The monoisotopic (exact) mass is 408 g/mol. The zero-order chi connectivity index (χ0) is 20.3. The average molecular weight is 409 g/mol. The van der Waals surface area contributed by atoms with Crippen LogP contribution in [0.5, 0.6) is 0 Å². The molecule has 4 fully saturated rings. The molecule has 4 unspecified atom stereocenters. The molecule has 4 saturated carbocycles. The third-order valence-electron chi connectivity index (χ3n) is 10.1. The second-order valence-electron chi connectivity index (χ2n) is 12.3. The maximum Gasteiger partial charge on any atom is 0.192 e. The molecule has 4 aliphatic rings. The van der Waals surface area contributed by atoms with Gasteiger partial charge in [-0.15, -0.1) is 0 Å². The Morgan fingerprint density at radius 2 is 1.64 bits per heavy atom. The van der Waals surface area contributed by atoms with Crippen LogP contribution in [0.3, 0.4) is 0 Å². The van der Waals surface area contributed by atoms with Gasteiger partial charge < -0.3 is 14.6 Å². The fourth-order valence-corrected chi connectivity index (χ4v) is 9.02. The van der Waals surface area contributed by atoms with E-state index in [0.717, 1.165) is 49.4 Å². The Balaban J connectivity index is 1.54. The van der Waals surface area contributed by atoms with Crippen LogP contribution in [0.15, 0.2) is 0 Å². The van der Waals surface area contributed by atoms with Crippen LogP contribution in [0, 0.1) is 35.0 Å². The average Bonchev–Trinajstić information content (AvgIpc) is 2.98. The van der Waals surface area contributed by atoms with E-state index in [4.69, 9.17) is 4.43 Å². The van der Waals surface area contributed by atoms with Crippen LogP contribution in [-0.4, -0.2) is 37.3 Å². The first-order valence-electron chi connectivity index (χ1n) is 12.1. The maximum atomic E-state index is 10.7. The first-order valence-corrected chi connectivity index (χ1v) is 15.0. The molecule has 0 bridgehead atoms. The lowest BCUT2D eigenvalue weighted by atomic mass is 9.50. The summed E-state index contributed by atoms with van der Waals surface area (Å²) in [4.78, 5) is 0. The van der Waals surface area contributed by atoms with Crippen molar-refractivity contribution in [3.63, 3.8) is 0 Å². The van der Waals surface area contributed by atoms with Crippen molar-refractivity contribution in [2.45, 2.75) is 109 Å². The van der Waals surface area contributed by atoms with Crippen molar-refractivity contribution in [3.05, 3.63) is 0 Å². The van der Waals surface area contributed by atoms with Gasteiger partial charge in [-0.25, -0.2) is 0 Å². The predicted octanol–water partition coefficient (Wildman–Crippen LogP) is 5.36. The SMILES string of the molecule is CC(C)(C)[Si](C)(C)O[C@H]1CCC2C3CC[C@H]4C[C@@H](O)CCC4C3CC[C@@]21CO. The van der Waals surface area contributed by atoms with Crippen LogP contribution >= 0.6 is 0 Å². The van der Waals surface area contributed by atoms with E-state index < -0.39 is 8.32 Å². The minimum Gasteiger partial charge on any atom is -0.413 e. The molecule has 4 heteroatoms. The van der Waals surface area contributed by atoms with Gasteiger partial charge in [0, 0.05) is 5.41 Å². The van der Waals surface area contributed by atoms with Crippen molar-refractivity contribution in [2.24, 2.45) is 35.0 Å². The van der Waals surface area contributed by atoms with Crippen LogP contribution < -0.4 is 0 Å². The van der Waals surface area contributed by atoms with Crippen LogP contribution in [-0.2, 0) is 4.43 Å². The molecule has 8 atom stereocenters. The Bertz CT molecular complexity index is 571. The molecule has 2 N–H and O–H groups in total. The van der Waals surface area contributed by atoms with E-state index in [1.54, 1.807) is 0 Å². The van der Waals surface area contributed by atoms with E-state index in [2.05, 4.69) is 33.9 Å². The van der Waals surface area contributed by atoms with Crippen molar-refractivity contribution in [1.29, 1.82) is 0 Å². The summed E-state index contributed by atoms with van der Waals surface area (Å²) in [6.45, 7) is 12.0. The number of hydrogen-bond acceptors (Lipinski definition) is 3. The largest absolute Gasteiger partial charge is 0.413 e. The fourth-order valence-electron chi connectivity index (χ4n) is 7.60. The lowest BCUT2D eigenvalue weighted by molar-refractivity contribution is -0.114. The predicted molar refractivity (Wildman–Crippen MR) is 117 cm³/mol. The van der Waals surface area contributed by atoms with Crippen molar-refractivity contribution >= 4 is 8.32 Å². The molecule has 0 saturated heterocycles. The van der Waals surface area contributed by atoms with Gasteiger partial charge >= 0.3 is 0 Å². The summed E-state index contributed by atoms with van der Waals surface area (Å²) in [5, 5.41) is 21.0. The van der Waals surface area contributed by atoms with Crippen LogP contribution in [0.2, 0.25) is 18.1 Å². The van der Waals surface area contributed by atoms with E-state index in [9.17, 15) is 10.2 Å². The maximum absolute atomic E-state index is 10.7. The molecule has 4 rings (SSSR count). The highest BCUT2D eigenvalue weighted by atomic mass is 28.4. The molecule has 3 nitrogen and oxygen atoms in total. The van der Waals surface area contributed by atoms with E-state index in [-0.39, 0.29) is 22.7 Å². The Morgan fingerprint density at radius 3 is 2.32 bits per heavy atom. The molecule has 0 aromatic carbocycles. The van der Waals surface area contributed by atoms with Crippen LogP contribution in [0.25, 0.3) is 0 Å². The fraction of sp³-hybridized carbons (Fsp3) is 1.00. The van der Waals surface area contributed by atoms with Crippen molar-refractivity contribution in [2.75, 3.05) is 6.61 Å². The molecule has 28 heavy (non-hydrogen) atoms. The van der Waals surface area contributed by atoms with Crippen molar-refractivity contribution in [1.82, 2.24) is 0 Å². The van der Waals surface area contributed by atoms with Gasteiger partial charge in [-0.05, 0) is 106 Å². The summed E-state index contributed by atoms with van der Waals surface area (Å²) in [6, 6.07) is 0. The minimum atomic E-state index is -1.83. The van der Waals surface area contributed by atoms with Gasteiger partial charge in [0.2, 0.25) is 0 Å². The molecule has 0 aromatic heterocycles. The molecule has 4 aliphatic carbocycles. The molecule has 0 aliphatic heterocycles. The summed E-state index contributed by atoms with van der Waals surface area (Å²) in [6.07, 6.45) is 10.9. The highest BCUT2D eigenvalue weighted by Crippen LogP contribution is 2.63. The first kappa shape index (κ1) is 21.3. The molecular formula is C24H44O3Si. The smallest absolute Gasteiger partial charge is 0.192 e. The number of fused-ring (bicyclic) bond motifs is 5. The van der Waals surface area contributed by atoms with E-state index >= 15 is 0 Å². The molecule has 0 amide bonds. The quantitative estimate of drug-likeness (QED) is 0.618. The van der Waals surface area contributed by atoms with E-state index in [1.807, 2.05) is 0 Å². The molecule has 0 heterocycles. The van der Waals surface area contributed by atoms with Gasteiger partial charge in [-0.2, -0.15) is 0 Å². The van der Waals surface area contributed by atoms with Gasteiger partial charge in [0.25, 0.3) is 0 Å². The topological polar surface area (TPSA) is 49.7 Å². The number of rotatable bonds is 3. The van der Waals surface area contributed by atoms with Crippen LogP contribution in [0.1, 0.15) is 78.6 Å². The molecule has 0 spiro atoms. The zero-order valence-electron chi connectivity index (χ0n) is 18.9. The standard InChI is InChI=1S/C24H44O3Si/c1-23(2,3)28(4,5)27-22-11-10-21-20-8-6-16-14-17(26)7-9-18(16)19(20)12-13-24(21,22)15-25/h16-22,25-26H,6-15H2,1-5H3/t16-,17-,18?,19?,20?,21?,22-,24+/m0/s1. The zero-order valence-corrected chi connectivity index (χ0v) is 19.9. The lowest BCUT2D eigenvalue weighted by Crippen LogP contribution is -2.55. The molecular weight excluding hydrogens is 364 g/mol. The Hall–Kier alpha value is 0.0969. The Kier molecular flexibility index (Phi) is 5.60. The minimum absolute atomic E-state index is 0.0116. The van der Waals surface area contributed by atoms with Gasteiger partial charge in [0.15, 0.2) is 8.32 Å². The third kappa shape index (κ3) is 3.35. The van der Waals surface area contributed by atoms with Crippen molar-refractivity contribution in [3.8, 4) is 0 Å². The Morgan fingerprint density at radius 1 is 0.929 bits per heavy atom. The first-order chi connectivity index (χ1) is 13.1. The molecule has 162 valence electrons. The summed E-state index contributed by atoms with van der Waals surface area (Å²) in [5.41, 5.74) is 0.0116. The number of aliphatic hydroxyl groups is 2. The highest BCUT2D eigenvalue weighted by Gasteiger charge is 2.60. The third-order valence-corrected chi connectivity index (χ3v) is 14.6. The number of hydrogen-bond donors (Lipinski definition) is 2. The van der Waals surface area contributed by atoms with Crippen LogP contribution in [0.4, 0.5) is 0 Å². The summed E-state index contributed by atoms with van der Waals surface area (Å²) in [7, 11) is -1.83. The highest BCUT2D eigenvalue weighted by molar-refractivity contribution is 6.74. The van der Waals surface area contributed by atoms with Gasteiger partial charge in [-0.3, -0.25) is 0 Å². The molecule has 0 aromatic rings. The molecule has 0 radical (unpaired) electrons. The normalized spacial score (nSPS) is 46.6.